The Morgan fingerprint density at radius 1 is 1.54 bits per heavy atom. The Morgan fingerprint density at radius 3 is 2.69 bits per heavy atom. The van der Waals surface area contributed by atoms with Gasteiger partial charge in [-0.05, 0) is 37.1 Å². The second kappa shape index (κ2) is 3.56. The summed E-state index contributed by atoms with van der Waals surface area (Å²) in [5.74, 6) is -1.05. The van der Waals surface area contributed by atoms with Crippen LogP contribution in [0.25, 0.3) is 0 Å². The zero-order valence-corrected chi connectivity index (χ0v) is 7.60. The van der Waals surface area contributed by atoms with Crippen LogP contribution < -0.4 is 0 Å². The first-order valence-corrected chi connectivity index (χ1v) is 3.98. The number of carbonyl (C=O) groups excluding carboxylic acids is 1. The molecule has 13 heavy (non-hydrogen) atoms. The van der Waals surface area contributed by atoms with Crippen LogP contribution >= 0.6 is 0 Å². The number of benzene rings is 1. The number of aromatic hydroxyl groups is 1. The molecule has 1 aromatic rings. The lowest BCUT2D eigenvalue weighted by Gasteiger charge is -2.04. The first-order chi connectivity index (χ1) is 6.00. The van der Waals surface area contributed by atoms with Gasteiger partial charge in [-0.1, -0.05) is 0 Å². The third kappa shape index (κ3) is 2.28. The maximum absolute atomic E-state index is 12.8. The Bertz CT molecular complexity index is 345. The van der Waals surface area contributed by atoms with Gasteiger partial charge in [0.2, 0.25) is 0 Å². The van der Waals surface area contributed by atoms with Gasteiger partial charge in [0.05, 0.1) is 0 Å². The van der Waals surface area contributed by atoms with E-state index in [0.29, 0.717) is 11.1 Å². The number of rotatable bonds is 2. The van der Waals surface area contributed by atoms with E-state index in [9.17, 15) is 9.18 Å². The van der Waals surface area contributed by atoms with Crippen LogP contribution in [0, 0.1) is 12.7 Å². The average Bonchev–Trinajstić information content (AvgIpc) is 1.99. The molecule has 0 unspecified atom stereocenters. The molecule has 0 saturated heterocycles. The number of halogens is 1. The van der Waals surface area contributed by atoms with Gasteiger partial charge in [-0.3, -0.25) is 4.79 Å². The van der Waals surface area contributed by atoms with Gasteiger partial charge in [-0.2, -0.15) is 0 Å². The Kier molecular flexibility index (Phi) is 2.66. The van der Waals surface area contributed by atoms with Gasteiger partial charge >= 0.3 is 0 Å². The lowest BCUT2D eigenvalue weighted by Crippen LogP contribution is -1.99. The molecule has 0 spiro atoms. The number of hydrogen-bond donors (Lipinski definition) is 1. The van der Waals surface area contributed by atoms with Crippen LogP contribution in [0.5, 0.6) is 5.75 Å². The molecular formula is C10H11FO2. The van der Waals surface area contributed by atoms with Crippen LogP contribution in [0.1, 0.15) is 18.1 Å². The lowest BCUT2D eigenvalue weighted by atomic mass is 10.0. The van der Waals surface area contributed by atoms with Gasteiger partial charge in [0.1, 0.15) is 5.78 Å². The number of carbonyl (C=O) groups is 1. The fourth-order valence-electron chi connectivity index (χ4n) is 1.16. The van der Waals surface area contributed by atoms with E-state index in [0.717, 1.165) is 0 Å². The molecule has 0 aliphatic heterocycles. The minimum absolute atomic E-state index is 0.00546. The quantitative estimate of drug-likeness (QED) is 0.759. The lowest BCUT2D eigenvalue weighted by molar-refractivity contribution is -0.116. The number of ketones is 1. The van der Waals surface area contributed by atoms with Crippen molar-refractivity contribution in [3.8, 4) is 5.75 Å². The fourth-order valence-corrected chi connectivity index (χ4v) is 1.16. The summed E-state index contributed by atoms with van der Waals surface area (Å²) < 4.78 is 12.8. The summed E-state index contributed by atoms with van der Waals surface area (Å²) in [6, 6.07) is 2.53. The van der Waals surface area contributed by atoms with E-state index < -0.39 is 11.6 Å². The summed E-state index contributed by atoms with van der Waals surface area (Å²) in [4.78, 5) is 10.8. The largest absolute Gasteiger partial charge is 0.505 e. The average molecular weight is 182 g/mol. The summed E-state index contributed by atoms with van der Waals surface area (Å²) in [7, 11) is 0. The van der Waals surface area contributed by atoms with E-state index >= 15 is 0 Å². The maximum atomic E-state index is 12.8. The van der Waals surface area contributed by atoms with Crippen LogP contribution in [0.4, 0.5) is 4.39 Å². The molecule has 0 aliphatic rings. The van der Waals surface area contributed by atoms with E-state index in [2.05, 4.69) is 0 Å². The normalized spacial score (nSPS) is 10.1. The Labute approximate surface area is 76.0 Å². The molecule has 0 saturated carbocycles. The number of phenolic OH excluding ortho intramolecular Hbond substituents is 1. The Balaban J connectivity index is 3.08. The smallest absolute Gasteiger partial charge is 0.165 e. The second-order valence-electron chi connectivity index (χ2n) is 3.11. The van der Waals surface area contributed by atoms with Gasteiger partial charge < -0.3 is 5.11 Å². The van der Waals surface area contributed by atoms with Crippen molar-refractivity contribution in [2.24, 2.45) is 0 Å². The van der Waals surface area contributed by atoms with Gasteiger partial charge in [0.15, 0.2) is 11.6 Å². The van der Waals surface area contributed by atoms with Crippen LogP contribution in [-0.2, 0) is 11.2 Å². The standard InChI is InChI=1S/C10H11FO2/c1-6-3-9(11)10(13)5-8(6)4-7(2)12/h3,5,13H,4H2,1-2H3. The predicted octanol–water partition coefficient (Wildman–Crippen LogP) is 1.97. The molecule has 0 aromatic heterocycles. The molecule has 0 radical (unpaired) electrons. The van der Waals surface area contributed by atoms with Crippen molar-refractivity contribution in [2.75, 3.05) is 0 Å². The van der Waals surface area contributed by atoms with Crippen molar-refractivity contribution < 1.29 is 14.3 Å². The highest BCUT2D eigenvalue weighted by Crippen LogP contribution is 2.20. The molecular weight excluding hydrogens is 171 g/mol. The van der Waals surface area contributed by atoms with E-state index in [1.165, 1.54) is 19.1 Å². The Hall–Kier alpha value is -1.38. The monoisotopic (exact) mass is 182 g/mol. The SMILES string of the molecule is CC(=O)Cc1cc(O)c(F)cc1C. The number of Topliss-reactive ketones (excluding diaryl/α,β-unsaturated/α-hetero) is 1. The van der Waals surface area contributed by atoms with Crippen molar-refractivity contribution in [2.45, 2.75) is 20.3 Å². The zero-order valence-electron chi connectivity index (χ0n) is 7.60. The van der Waals surface area contributed by atoms with Crippen molar-refractivity contribution in [1.29, 1.82) is 0 Å². The molecule has 1 N–H and O–H groups in total. The number of hydrogen-bond acceptors (Lipinski definition) is 2. The first kappa shape index (κ1) is 9.71. The fraction of sp³-hybridized carbons (Fsp3) is 0.300. The molecule has 0 fully saturated rings. The summed E-state index contributed by atoms with van der Waals surface area (Å²) in [6.07, 6.45) is 0.236. The number of aryl methyl sites for hydroxylation is 1. The molecule has 0 atom stereocenters. The van der Waals surface area contributed by atoms with Gasteiger partial charge in [-0.25, -0.2) is 4.39 Å². The van der Waals surface area contributed by atoms with Crippen molar-refractivity contribution >= 4 is 5.78 Å². The summed E-state index contributed by atoms with van der Waals surface area (Å²) in [5, 5.41) is 9.05. The minimum Gasteiger partial charge on any atom is -0.505 e. The molecule has 0 amide bonds. The predicted molar refractivity (Wildman–Crippen MR) is 47.2 cm³/mol. The third-order valence-corrected chi connectivity index (χ3v) is 1.84. The second-order valence-corrected chi connectivity index (χ2v) is 3.11. The van der Waals surface area contributed by atoms with Gasteiger partial charge in [0.25, 0.3) is 0 Å². The van der Waals surface area contributed by atoms with Crippen molar-refractivity contribution in [3.05, 3.63) is 29.1 Å². The molecule has 3 heteroatoms. The molecule has 70 valence electrons. The highest BCUT2D eigenvalue weighted by molar-refractivity contribution is 5.78. The molecule has 1 aromatic carbocycles. The Morgan fingerprint density at radius 2 is 2.15 bits per heavy atom. The molecule has 0 aliphatic carbocycles. The molecule has 0 bridgehead atoms. The first-order valence-electron chi connectivity index (χ1n) is 3.98. The van der Waals surface area contributed by atoms with Crippen LogP contribution in [-0.4, -0.2) is 10.9 Å². The topological polar surface area (TPSA) is 37.3 Å². The van der Waals surface area contributed by atoms with Crippen LogP contribution in [0.3, 0.4) is 0 Å². The maximum Gasteiger partial charge on any atom is 0.165 e. The molecule has 2 nitrogen and oxygen atoms in total. The third-order valence-electron chi connectivity index (χ3n) is 1.84. The van der Waals surface area contributed by atoms with E-state index in [1.807, 2.05) is 0 Å². The summed E-state index contributed by atoms with van der Waals surface area (Å²) in [6.45, 7) is 3.17. The van der Waals surface area contributed by atoms with Crippen molar-refractivity contribution in [1.82, 2.24) is 0 Å². The van der Waals surface area contributed by atoms with Gasteiger partial charge in [-0.15, -0.1) is 0 Å². The van der Waals surface area contributed by atoms with E-state index in [1.54, 1.807) is 6.92 Å². The minimum atomic E-state index is -0.648. The van der Waals surface area contributed by atoms with Crippen LogP contribution in [0.15, 0.2) is 12.1 Å². The van der Waals surface area contributed by atoms with Crippen molar-refractivity contribution in [3.63, 3.8) is 0 Å². The summed E-state index contributed by atoms with van der Waals surface area (Å²) >= 11 is 0. The highest BCUT2D eigenvalue weighted by atomic mass is 19.1. The molecule has 1 rings (SSSR count). The summed E-state index contributed by atoms with van der Waals surface area (Å²) in [5.41, 5.74) is 1.36. The molecule has 0 heterocycles. The number of phenols is 1. The van der Waals surface area contributed by atoms with E-state index in [4.69, 9.17) is 5.11 Å². The van der Waals surface area contributed by atoms with E-state index in [-0.39, 0.29) is 12.2 Å². The van der Waals surface area contributed by atoms with Crippen LogP contribution in [0.2, 0.25) is 0 Å². The highest BCUT2D eigenvalue weighted by Gasteiger charge is 2.07. The zero-order chi connectivity index (χ0) is 10.0. The van der Waals surface area contributed by atoms with Gasteiger partial charge in [0, 0.05) is 6.42 Å².